The SMILES string of the molecule is CC(Sc1ccccc1C(=O)NC1CCC(c2ccc(F)cc2)C1)C(=O)O. The van der Waals surface area contributed by atoms with Crippen molar-refractivity contribution in [3.05, 3.63) is 65.5 Å². The summed E-state index contributed by atoms with van der Waals surface area (Å²) in [6, 6.07) is 13.7. The van der Waals surface area contributed by atoms with Gasteiger partial charge in [-0.3, -0.25) is 9.59 Å². The molecule has 0 aliphatic heterocycles. The molecule has 1 fully saturated rings. The molecule has 3 rings (SSSR count). The molecule has 2 N–H and O–H groups in total. The number of thioether (sulfide) groups is 1. The van der Waals surface area contributed by atoms with Gasteiger partial charge in [0.2, 0.25) is 0 Å². The fourth-order valence-electron chi connectivity index (χ4n) is 3.41. The van der Waals surface area contributed by atoms with E-state index in [2.05, 4.69) is 5.32 Å². The molecule has 142 valence electrons. The van der Waals surface area contributed by atoms with Gasteiger partial charge in [0.25, 0.3) is 5.91 Å². The molecular weight excluding hydrogens is 365 g/mol. The zero-order valence-electron chi connectivity index (χ0n) is 15.0. The highest BCUT2D eigenvalue weighted by Crippen LogP contribution is 2.35. The molecule has 27 heavy (non-hydrogen) atoms. The molecule has 3 atom stereocenters. The molecule has 1 aliphatic carbocycles. The summed E-state index contributed by atoms with van der Waals surface area (Å²) in [7, 11) is 0. The van der Waals surface area contributed by atoms with Crippen molar-refractivity contribution >= 4 is 23.6 Å². The van der Waals surface area contributed by atoms with E-state index in [1.165, 1.54) is 23.9 Å². The third-order valence-corrected chi connectivity index (χ3v) is 6.06. The van der Waals surface area contributed by atoms with Crippen molar-refractivity contribution in [2.45, 2.75) is 48.3 Å². The zero-order valence-corrected chi connectivity index (χ0v) is 15.8. The smallest absolute Gasteiger partial charge is 0.316 e. The lowest BCUT2D eigenvalue weighted by Crippen LogP contribution is -2.33. The topological polar surface area (TPSA) is 66.4 Å². The lowest BCUT2D eigenvalue weighted by molar-refractivity contribution is -0.136. The summed E-state index contributed by atoms with van der Waals surface area (Å²) in [5.74, 6) is -1.02. The number of hydrogen-bond acceptors (Lipinski definition) is 3. The lowest BCUT2D eigenvalue weighted by atomic mass is 9.97. The number of amides is 1. The van der Waals surface area contributed by atoms with Crippen LogP contribution in [0.15, 0.2) is 53.4 Å². The van der Waals surface area contributed by atoms with Crippen LogP contribution in [-0.2, 0) is 4.79 Å². The third-order valence-electron chi connectivity index (χ3n) is 4.89. The second-order valence-electron chi connectivity index (χ2n) is 6.83. The van der Waals surface area contributed by atoms with Crippen LogP contribution in [0.2, 0.25) is 0 Å². The van der Waals surface area contributed by atoms with Gasteiger partial charge in [-0.1, -0.05) is 24.3 Å². The molecule has 2 aromatic rings. The summed E-state index contributed by atoms with van der Waals surface area (Å²) in [5.41, 5.74) is 1.60. The fraction of sp³-hybridized carbons (Fsp3) is 0.333. The molecule has 1 amide bonds. The largest absolute Gasteiger partial charge is 0.480 e. The average Bonchev–Trinajstić information content (AvgIpc) is 3.11. The highest BCUT2D eigenvalue weighted by atomic mass is 32.2. The number of carbonyl (C=O) groups excluding carboxylic acids is 1. The van der Waals surface area contributed by atoms with E-state index < -0.39 is 11.2 Å². The van der Waals surface area contributed by atoms with Crippen molar-refractivity contribution in [2.75, 3.05) is 0 Å². The molecule has 0 saturated heterocycles. The van der Waals surface area contributed by atoms with Crippen LogP contribution in [0.1, 0.15) is 48.0 Å². The van der Waals surface area contributed by atoms with Gasteiger partial charge in [-0.2, -0.15) is 0 Å². The number of carboxylic acid groups (broad SMARTS) is 1. The van der Waals surface area contributed by atoms with Crippen LogP contribution in [0.5, 0.6) is 0 Å². The van der Waals surface area contributed by atoms with E-state index in [0.717, 1.165) is 24.8 Å². The number of aliphatic carboxylic acids is 1. The van der Waals surface area contributed by atoms with Gasteiger partial charge in [0.05, 0.1) is 5.56 Å². The van der Waals surface area contributed by atoms with E-state index in [1.54, 1.807) is 31.2 Å². The maximum absolute atomic E-state index is 13.1. The van der Waals surface area contributed by atoms with E-state index in [1.807, 2.05) is 12.1 Å². The number of rotatable bonds is 6. The molecule has 3 unspecified atom stereocenters. The first-order valence-electron chi connectivity index (χ1n) is 8.99. The summed E-state index contributed by atoms with van der Waals surface area (Å²) in [4.78, 5) is 24.5. The summed E-state index contributed by atoms with van der Waals surface area (Å²) in [6.45, 7) is 1.60. The monoisotopic (exact) mass is 387 g/mol. The van der Waals surface area contributed by atoms with Gasteiger partial charge in [-0.05, 0) is 61.9 Å². The van der Waals surface area contributed by atoms with Crippen LogP contribution in [-0.4, -0.2) is 28.3 Å². The highest BCUT2D eigenvalue weighted by molar-refractivity contribution is 8.00. The second kappa shape index (κ2) is 8.57. The first kappa shape index (κ1) is 19.4. The number of nitrogens with one attached hydrogen (secondary N) is 1. The van der Waals surface area contributed by atoms with E-state index in [9.17, 15) is 14.0 Å². The van der Waals surface area contributed by atoms with Gasteiger partial charge in [0.15, 0.2) is 0 Å². The predicted octanol–water partition coefficient (Wildman–Crippen LogP) is 4.46. The van der Waals surface area contributed by atoms with Crippen LogP contribution in [0.4, 0.5) is 4.39 Å². The molecule has 0 bridgehead atoms. The number of carbonyl (C=O) groups is 2. The van der Waals surface area contributed by atoms with Crippen LogP contribution < -0.4 is 5.32 Å². The summed E-state index contributed by atoms with van der Waals surface area (Å²) < 4.78 is 13.1. The Hall–Kier alpha value is -2.34. The van der Waals surface area contributed by atoms with E-state index in [0.29, 0.717) is 16.4 Å². The van der Waals surface area contributed by atoms with E-state index in [-0.39, 0.29) is 17.8 Å². The first-order valence-corrected chi connectivity index (χ1v) is 9.87. The minimum absolute atomic E-state index is 0.0579. The van der Waals surface area contributed by atoms with Crippen molar-refractivity contribution in [2.24, 2.45) is 0 Å². The lowest BCUT2D eigenvalue weighted by Gasteiger charge is -2.16. The minimum atomic E-state index is -0.909. The Morgan fingerprint density at radius 2 is 1.85 bits per heavy atom. The molecular formula is C21H22FNO3S. The Labute approximate surface area is 162 Å². The Morgan fingerprint density at radius 1 is 1.15 bits per heavy atom. The summed E-state index contributed by atoms with van der Waals surface area (Å²) in [5, 5.41) is 11.6. The van der Waals surface area contributed by atoms with Gasteiger partial charge in [-0.15, -0.1) is 11.8 Å². The van der Waals surface area contributed by atoms with Crippen LogP contribution in [0.3, 0.4) is 0 Å². The normalized spacial score (nSPS) is 20.2. The molecule has 1 saturated carbocycles. The molecule has 0 heterocycles. The maximum atomic E-state index is 13.1. The quantitative estimate of drug-likeness (QED) is 0.719. The predicted molar refractivity (Wildman–Crippen MR) is 104 cm³/mol. The molecule has 0 spiro atoms. The molecule has 0 aromatic heterocycles. The standard InChI is InChI=1S/C21H22FNO3S/c1-13(21(25)26)27-19-5-3-2-4-18(19)20(24)23-17-11-8-15(12-17)14-6-9-16(22)10-7-14/h2-7,9-10,13,15,17H,8,11-12H2,1H3,(H,23,24)(H,25,26). The number of halogens is 1. The fourth-order valence-corrected chi connectivity index (χ4v) is 4.34. The minimum Gasteiger partial charge on any atom is -0.480 e. The second-order valence-corrected chi connectivity index (χ2v) is 8.21. The number of hydrogen-bond donors (Lipinski definition) is 2. The van der Waals surface area contributed by atoms with Gasteiger partial charge in [0.1, 0.15) is 11.1 Å². The van der Waals surface area contributed by atoms with Crippen LogP contribution in [0, 0.1) is 5.82 Å². The Kier molecular flexibility index (Phi) is 6.16. The molecule has 1 aliphatic rings. The van der Waals surface area contributed by atoms with Gasteiger partial charge in [-0.25, -0.2) is 4.39 Å². The van der Waals surface area contributed by atoms with Crippen LogP contribution >= 0.6 is 11.8 Å². The Balaban J connectivity index is 1.64. The molecule has 0 radical (unpaired) electrons. The van der Waals surface area contributed by atoms with Gasteiger partial charge < -0.3 is 10.4 Å². The Morgan fingerprint density at radius 3 is 2.56 bits per heavy atom. The maximum Gasteiger partial charge on any atom is 0.316 e. The zero-order chi connectivity index (χ0) is 19.4. The van der Waals surface area contributed by atoms with Crippen molar-refractivity contribution < 1.29 is 19.1 Å². The number of benzene rings is 2. The molecule has 2 aromatic carbocycles. The van der Waals surface area contributed by atoms with Gasteiger partial charge >= 0.3 is 5.97 Å². The third kappa shape index (κ3) is 4.89. The molecule has 6 heteroatoms. The van der Waals surface area contributed by atoms with Crippen molar-refractivity contribution in [3.63, 3.8) is 0 Å². The van der Waals surface area contributed by atoms with E-state index >= 15 is 0 Å². The molecule has 4 nitrogen and oxygen atoms in total. The van der Waals surface area contributed by atoms with Crippen molar-refractivity contribution in [1.82, 2.24) is 5.32 Å². The van der Waals surface area contributed by atoms with Crippen LogP contribution in [0.25, 0.3) is 0 Å². The first-order chi connectivity index (χ1) is 12.9. The average molecular weight is 387 g/mol. The number of carboxylic acids is 1. The van der Waals surface area contributed by atoms with E-state index in [4.69, 9.17) is 5.11 Å². The highest BCUT2D eigenvalue weighted by Gasteiger charge is 2.28. The van der Waals surface area contributed by atoms with Crippen molar-refractivity contribution in [1.29, 1.82) is 0 Å². The van der Waals surface area contributed by atoms with Crippen molar-refractivity contribution in [3.8, 4) is 0 Å². The summed E-state index contributed by atoms with van der Waals surface area (Å²) >= 11 is 1.17. The Bertz CT molecular complexity index is 824. The van der Waals surface area contributed by atoms with Gasteiger partial charge in [0, 0.05) is 10.9 Å². The summed E-state index contributed by atoms with van der Waals surface area (Å²) in [6.07, 6.45) is 2.63.